The number of benzene rings is 1. The minimum Gasteiger partial charge on any atom is -0.328 e. The first-order chi connectivity index (χ1) is 7.22. The van der Waals surface area contributed by atoms with Gasteiger partial charge in [-0.05, 0) is 18.4 Å². The number of nitrogens with one attached hydrogen (secondary N) is 1. The van der Waals surface area contributed by atoms with Crippen molar-refractivity contribution in [3.05, 3.63) is 35.6 Å². The molecule has 1 aromatic rings. The highest BCUT2D eigenvalue weighted by atomic mass is 32.2. The van der Waals surface area contributed by atoms with Gasteiger partial charge in [0.05, 0.1) is 0 Å². The van der Waals surface area contributed by atoms with Gasteiger partial charge in [-0.15, -0.1) is 11.8 Å². The topological polar surface area (TPSA) is 27.6 Å². The Morgan fingerprint density at radius 1 is 1.53 bits per heavy atom. The first-order valence-corrected chi connectivity index (χ1v) is 5.86. The first-order valence-electron chi connectivity index (χ1n) is 4.57. The molecule has 1 heterocycles. The van der Waals surface area contributed by atoms with Crippen LogP contribution in [0.1, 0.15) is 5.56 Å². The van der Waals surface area contributed by atoms with Gasteiger partial charge in [0.25, 0.3) is 0 Å². The third-order valence-corrected chi connectivity index (χ3v) is 3.14. The SMILES string of the molecule is CSC1NN=C(c2cccc(F)c2)N1C. The monoisotopic (exact) mass is 225 g/mol. The van der Waals surface area contributed by atoms with Crippen molar-refractivity contribution in [3.8, 4) is 0 Å². The Labute approximate surface area is 92.3 Å². The van der Waals surface area contributed by atoms with Crippen molar-refractivity contribution in [3.63, 3.8) is 0 Å². The Morgan fingerprint density at radius 3 is 2.93 bits per heavy atom. The normalized spacial score (nSPS) is 20.1. The number of rotatable bonds is 2. The zero-order valence-corrected chi connectivity index (χ0v) is 9.38. The van der Waals surface area contributed by atoms with Crippen LogP contribution in [0.3, 0.4) is 0 Å². The summed E-state index contributed by atoms with van der Waals surface area (Å²) in [6, 6.07) is 6.45. The standard InChI is InChI=1S/C10H12FN3S/c1-14-9(12-13-10(14)15-2)7-4-3-5-8(11)6-7/h3-6,10,13H,1-2H3. The van der Waals surface area contributed by atoms with E-state index in [0.717, 1.165) is 11.4 Å². The lowest BCUT2D eigenvalue weighted by atomic mass is 10.2. The second kappa shape index (κ2) is 4.10. The second-order valence-corrected chi connectivity index (χ2v) is 4.19. The second-order valence-electron chi connectivity index (χ2n) is 3.27. The molecule has 3 nitrogen and oxygen atoms in total. The lowest BCUT2D eigenvalue weighted by Crippen LogP contribution is -2.34. The number of nitrogens with zero attached hydrogens (tertiary/aromatic N) is 2. The van der Waals surface area contributed by atoms with E-state index in [1.165, 1.54) is 12.1 Å². The largest absolute Gasteiger partial charge is 0.328 e. The average molecular weight is 225 g/mol. The molecule has 1 aliphatic heterocycles. The van der Waals surface area contributed by atoms with Crippen LogP contribution in [0, 0.1) is 5.82 Å². The molecule has 0 aromatic heterocycles. The maximum absolute atomic E-state index is 13.0. The predicted molar refractivity (Wildman–Crippen MR) is 61.1 cm³/mol. The molecule has 0 bridgehead atoms. The van der Waals surface area contributed by atoms with Crippen molar-refractivity contribution < 1.29 is 4.39 Å². The van der Waals surface area contributed by atoms with E-state index >= 15 is 0 Å². The number of halogens is 1. The average Bonchev–Trinajstić information content (AvgIpc) is 2.59. The number of hydrogen-bond acceptors (Lipinski definition) is 4. The van der Waals surface area contributed by atoms with Gasteiger partial charge in [0, 0.05) is 12.6 Å². The summed E-state index contributed by atoms with van der Waals surface area (Å²) in [5, 5.41) is 4.19. The molecule has 1 unspecified atom stereocenters. The summed E-state index contributed by atoms with van der Waals surface area (Å²) in [4.78, 5) is 1.99. The Kier molecular flexibility index (Phi) is 2.81. The summed E-state index contributed by atoms with van der Waals surface area (Å²) in [6.07, 6.45) is 2.00. The fourth-order valence-electron chi connectivity index (χ4n) is 1.50. The number of hydrazone groups is 1. The molecule has 5 heteroatoms. The van der Waals surface area contributed by atoms with E-state index in [-0.39, 0.29) is 11.3 Å². The highest BCUT2D eigenvalue weighted by Crippen LogP contribution is 2.18. The summed E-state index contributed by atoms with van der Waals surface area (Å²) in [7, 11) is 1.94. The lowest BCUT2D eigenvalue weighted by molar-refractivity contribution is 0.465. The molecule has 15 heavy (non-hydrogen) atoms. The van der Waals surface area contributed by atoms with Gasteiger partial charge in [0.1, 0.15) is 5.82 Å². The van der Waals surface area contributed by atoms with Crippen molar-refractivity contribution in [2.24, 2.45) is 5.10 Å². The van der Waals surface area contributed by atoms with Gasteiger partial charge in [0.15, 0.2) is 11.3 Å². The number of thioether (sulfide) groups is 1. The van der Waals surface area contributed by atoms with Crippen LogP contribution in [0.5, 0.6) is 0 Å². The van der Waals surface area contributed by atoms with Crippen LogP contribution < -0.4 is 5.43 Å². The van der Waals surface area contributed by atoms with E-state index in [1.807, 2.05) is 24.3 Å². The minimum atomic E-state index is -0.240. The van der Waals surface area contributed by atoms with Gasteiger partial charge in [-0.1, -0.05) is 12.1 Å². The summed E-state index contributed by atoms with van der Waals surface area (Å²) in [5.74, 6) is 0.532. The maximum Gasteiger partial charge on any atom is 0.164 e. The van der Waals surface area contributed by atoms with Gasteiger partial charge in [0.2, 0.25) is 0 Å². The zero-order chi connectivity index (χ0) is 10.8. The molecular weight excluding hydrogens is 213 g/mol. The molecule has 1 atom stereocenters. The molecule has 0 saturated carbocycles. The van der Waals surface area contributed by atoms with E-state index in [0.29, 0.717) is 0 Å². The molecule has 0 saturated heterocycles. The molecule has 1 aliphatic rings. The van der Waals surface area contributed by atoms with Gasteiger partial charge in [-0.2, -0.15) is 5.10 Å². The molecule has 2 rings (SSSR count). The lowest BCUT2D eigenvalue weighted by Gasteiger charge is -2.20. The molecule has 0 radical (unpaired) electrons. The molecule has 0 aliphatic carbocycles. The predicted octanol–water partition coefficient (Wildman–Crippen LogP) is 1.67. The zero-order valence-electron chi connectivity index (χ0n) is 8.57. The van der Waals surface area contributed by atoms with Crippen LogP contribution in [0.15, 0.2) is 29.4 Å². The minimum absolute atomic E-state index is 0.128. The summed E-state index contributed by atoms with van der Waals surface area (Å²) < 4.78 is 13.0. The number of hydrogen-bond donors (Lipinski definition) is 1. The van der Waals surface area contributed by atoms with Crippen molar-refractivity contribution in [2.45, 2.75) is 5.50 Å². The highest BCUT2D eigenvalue weighted by molar-refractivity contribution is 7.99. The van der Waals surface area contributed by atoms with Crippen molar-refractivity contribution in [1.82, 2.24) is 10.3 Å². The molecule has 0 spiro atoms. The van der Waals surface area contributed by atoms with Crippen LogP contribution >= 0.6 is 11.8 Å². The fraction of sp³-hybridized carbons (Fsp3) is 0.300. The van der Waals surface area contributed by atoms with Crippen molar-refractivity contribution in [2.75, 3.05) is 13.3 Å². The first kappa shape index (κ1) is 10.3. The Balaban J connectivity index is 2.26. The molecule has 80 valence electrons. The van der Waals surface area contributed by atoms with Gasteiger partial charge in [-0.25, -0.2) is 4.39 Å². The van der Waals surface area contributed by atoms with Gasteiger partial charge in [-0.3, -0.25) is 5.43 Å². The third-order valence-electron chi connectivity index (χ3n) is 2.27. The molecule has 0 fully saturated rings. The summed E-state index contributed by atoms with van der Waals surface area (Å²) >= 11 is 1.65. The molecule has 0 amide bonds. The van der Waals surface area contributed by atoms with E-state index in [9.17, 15) is 4.39 Å². The van der Waals surface area contributed by atoms with E-state index < -0.39 is 0 Å². The fourth-order valence-corrected chi connectivity index (χ4v) is 2.07. The van der Waals surface area contributed by atoms with Crippen LogP contribution in [-0.2, 0) is 0 Å². The maximum atomic E-state index is 13.0. The van der Waals surface area contributed by atoms with Crippen LogP contribution in [0.4, 0.5) is 4.39 Å². The summed E-state index contributed by atoms with van der Waals surface area (Å²) in [6.45, 7) is 0. The van der Waals surface area contributed by atoms with E-state index in [2.05, 4.69) is 10.5 Å². The third kappa shape index (κ3) is 1.92. The molecular formula is C10H12FN3S. The quantitative estimate of drug-likeness (QED) is 0.829. The van der Waals surface area contributed by atoms with Crippen LogP contribution in [-0.4, -0.2) is 29.5 Å². The smallest absolute Gasteiger partial charge is 0.164 e. The summed E-state index contributed by atoms with van der Waals surface area (Å²) in [5.41, 5.74) is 3.90. The van der Waals surface area contributed by atoms with Gasteiger partial charge < -0.3 is 4.90 Å². The van der Waals surface area contributed by atoms with Crippen LogP contribution in [0.2, 0.25) is 0 Å². The van der Waals surface area contributed by atoms with E-state index in [4.69, 9.17) is 0 Å². The Bertz CT molecular complexity index is 394. The number of amidine groups is 1. The Morgan fingerprint density at radius 2 is 2.33 bits per heavy atom. The van der Waals surface area contributed by atoms with Crippen LogP contribution in [0.25, 0.3) is 0 Å². The van der Waals surface area contributed by atoms with Crippen molar-refractivity contribution >= 4 is 17.6 Å². The molecule has 1 N–H and O–H groups in total. The highest BCUT2D eigenvalue weighted by Gasteiger charge is 2.24. The molecule has 1 aromatic carbocycles. The van der Waals surface area contributed by atoms with E-state index in [1.54, 1.807) is 17.8 Å². The Hall–Kier alpha value is -1.23. The van der Waals surface area contributed by atoms with Gasteiger partial charge >= 0.3 is 0 Å². The van der Waals surface area contributed by atoms with Crippen molar-refractivity contribution in [1.29, 1.82) is 0 Å².